The number of hydrogen-bond acceptors (Lipinski definition) is 2. The normalized spacial score (nSPS) is 11.9. The highest BCUT2D eigenvalue weighted by molar-refractivity contribution is 6.30. The number of benzene rings is 2. The minimum absolute atomic E-state index is 0.0296. The number of amides is 2. The summed E-state index contributed by atoms with van der Waals surface area (Å²) >= 11 is 6.01. The number of aryl methyl sites for hydroxylation is 1. The zero-order valence-electron chi connectivity index (χ0n) is 15.6. The molecule has 0 saturated carbocycles. The van der Waals surface area contributed by atoms with Crippen LogP contribution >= 0.6 is 11.6 Å². The van der Waals surface area contributed by atoms with Crippen molar-refractivity contribution >= 4 is 23.4 Å². The van der Waals surface area contributed by atoms with Crippen LogP contribution in [0.15, 0.2) is 48.5 Å². The maximum absolute atomic E-state index is 12.9. The van der Waals surface area contributed by atoms with Gasteiger partial charge >= 0.3 is 0 Å². The molecular formula is C21H25ClN2O2. The van der Waals surface area contributed by atoms with E-state index in [1.54, 1.807) is 24.1 Å². The van der Waals surface area contributed by atoms with E-state index in [0.29, 0.717) is 17.1 Å². The predicted molar refractivity (Wildman–Crippen MR) is 105 cm³/mol. The number of carbonyl (C=O) groups is 2. The highest BCUT2D eigenvalue weighted by Gasteiger charge is 2.27. The zero-order valence-corrected chi connectivity index (χ0v) is 16.4. The van der Waals surface area contributed by atoms with Gasteiger partial charge in [0.1, 0.15) is 6.04 Å². The zero-order chi connectivity index (χ0) is 19.3. The van der Waals surface area contributed by atoms with Crippen molar-refractivity contribution in [3.05, 3.63) is 70.2 Å². The quantitative estimate of drug-likeness (QED) is 0.831. The summed E-state index contributed by atoms with van der Waals surface area (Å²) in [6.45, 7) is 6.21. The van der Waals surface area contributed by atoms with Gasteiger partial charge < -0.3 is 10.2 Å². The van der Waals surface area contributed by atoms with E-state index in [2.05, 4.69) is 5.32 Å². The number of nitrogens with zero attached hydrogens (tertiary/aromatic N) is 1. The van der Waals surface area contributed by atoms with Gasteiger partial charge in [0.2, 0.25) is 5.91 Å². The molecule has 138 valence electrons. The van der Waals surface area contributed by atoms with Gasteiger partial charge in [-0.3, -0.25) is 9.59 Å². The van der Waals surface area contributed by atoms with Crippen LogP contribution in [0, 0.1) is 12.8 Å². The maximum Gasteiger partial charge on any atom is 0.251 e. The second-order valence-electron chi connectivity index (χ2n) is 6.89. The molecule has 0 saturated heterocycles. The molecule has 0 aliphatic rings. The molecule has 0 aliphatic carbocycles. The molecule has 0 aliphatic heterocycles. The lowest BCUT2D eigenvalue weighted by Gasteiger charge is -2.27. The molecule has 0 aromatic heterocycles. The monoisotopic (exact) mass is 372 g/mol. The molecule has 0 radical (unpaired) electrons. The Balaban J connectivity index is 2.10. The number of likely N-dealkylation sites (N-methyl/N-ethyl adjacent to an activating group) is 1. The van der Waals surface area contributed by atoms with E-state index in [9.17, 15) is 9.59 Å². The van der Waals surface area contributed by atoms with Crippen LogP contribution in [0.1, 0.15) is 35.3 Å². The number of rotatable bonds is 6. The Morgan fingerprint density at radius 1 is 1.12 bits per heavy atom. The van der Waals surface area contributed by atoms with E-state index in [1.807, 2.05) is 57.2 Å². The lowest BCUT2D eigenvalue weighted by molar-refractivity contribution is -0.133. The lowest BCUT2D eigenvalue weighted by atomic mass is 10.0. The van der Waals surface area contributed by atoms with Crippen LogP contribution in [0.25, 0.3) is 0 Å². The van der Waals surface area contributed by atoms with Gasteiger partial charge in [-0.15, -0.1) is 0 Å². The third-order valence-corrected chi connectivity index (χ3v) is 4.42. The molecule has 2 aromatic rings. The van der Waals surface area contributed by atoms with Gasteiger partial charge in [0.05, 0.1) is 0 Å². The topological polar surface area (TPSA) is 49.4 Å². The molecule has 1 atom stereocenters. The third kappa shape index (κ3) is 5.33. The van der Waals surface area contributed by atoms with Crippen LogP contribution in [-0.4, -0.2) is 29.8 Å². The van der Waals surface area contributed by atoms with Gasteiger partial charge in [0, 0.05) is 24.2 Å². The van der Waals surface area contributed by atoms with Crippen molar-refractivity contribution in [3.8, 4) is 0 Å². The van der Waals surface area contributed by atoms with Crippen LogP contribution in [0.2, 0.25) is 5.02 Å². The first kappa shape index (κ1) is 20.0. The van der Waals surface area contributed by atoms with Crippen molar-refractivity contribution in [2.45, 2.75) is 33.4 Å². The van der Waals surface area contributed by atoms with Gasteiger partial charge in [-0.05, 0) is 42.7 Å². The molecule has 2 amide bonds. The van der Waals surface area contributed by atoms with Crippen molar-refractivity contribution in [1.29, 1.82) is 0 Å². The largest absolute Gasteiger partial charge is 0.340 e. The fourth-order valence-electron chi connectivity index (χ4n) is 2.75. The number of halogens is 1. The average molecular weight is 373 g/mol. The molecule has 0 bridgehead atoms. The molecule has 1 N–H and O–H groups in total. The second kappa shape index (κ2) is 8.86. The summed E-state index contributed by atoms with van der Waals surface area (Å²) in [4.78, 5) is 27.0. The van der Waals surface area contributed by atoms with Crippen LogP contribution in [0.5, 0.6) is 0 Å². The van der Waals surface area contributed by atoms with Crippen molar-refractivity contribution in [3.63, 3.8) is 0 Å². The van der Waals surface area contributed by atoms with Crippen molar-refractivity contribution in [2.75, 3.05) is 7.05 Å². The molecule has 26 heavy (non-hydrogen) atoms. The minimum atomic E-state index is -0.591. The summed E-state index contributed by atoms with van der Waals surface area (Å²) in [5, 5.41) is 3.52. The SMILES string of the molecule is Cc1cccc(C(=O)N[C@H](C(=O)N(C)Cc2cccc(Cl)c2)C(C)C)c1. The highest BCUT2D eigenvalue weighted by atomic mass is 35.5. The van der Waals surface area contributed by atoms with E-state index in [-0.39, 0.29) is 17.7 Å². The molecule has 0 unspecified atom stereocenters. The fourth-order valence-corrected chi connectivity index (χ4v) is 2.96. The first-order valence-electron chi connectivity index (χ1n) is 8.65. The summed E-state index contributed by atoms with van der Waals surface area (Å²) in [5.74, 6) is -0.393. The second-order valence-corrected chi connectivity index (χ2v) is 7.33. The Hall–Kier alpha value is -2.33. The molecular weight excluding hydrogens is 348 g/mol. The van der Waals surface area contributed by atoms with E-state index in [1.165, 1.54) is 0 Å². The molecule has 0 spiro atoms. The van der Waals surface area contributed by atoms with Crippen LogP contribution in [0.3, 0.4) is 0 Å². The number of nitrogens with one attached hydrogen (secondary N) is 1. The van der Waals surface area contributed by atoms with Gasteiger partial charge in [0.25, 0.3) is 5.91 Å². The van der Waals surface area contributed by atoms with Gasteiger partial charge in [-0.25, -0.2) is 0 Å². The Bertz CT molecular complexity index is 789. The fraction of sp³-hybridized carbons (Fsp3) is 0.333. The molecule has 0 heterocycles. The van der Waals surface area contributed by atoms with Crippen LogP contribution in [0.4, 0.5) is 0 Å². The van der Waals surface area contributed by atoms with E-state index in [0.717, 1.165) is 11.1 Å². The van der Waals surface area contributed by atoms with E-state index < -0.39 is 6.04 Å². The Morgan fingerprint density at radius 2 is 1.81 bits per heavy atom. The molecule has 2 rings (SSSR count). The molecule has 0 fully saturated rings. The average Bonchev–Trinajstić information content (AvgIpc) is 2.58. The summed E-state index contributed by atoms with van der Waals surface area (Å²) < 4.78 is 0. The van der Waals surface area contributed by atoms with Crippen LogP contribution < -0.4 is 5.32 Å². The smallest absolute Gasteiger partial charge is 0.251 e. The van der Waals surface area contributed by atoms with Gasteiger partial charge in [-0.1, -0.05) is 55.3 Å². The van der Waals surface area contributed by atoms with Crippen molar-refractivity contribution < 1.29 is 9.59 Å². The molecule has 2 aromatic carbocycles. The Morgan fingerprint density at radius 3 is 2.42 bits per heavy atom. The number of carbonyl (C=O) groups excluding carboxylic acids is 2. The van der Waals surface area contributed by atoms with Crippen molar-refractivity contribution in [2.24, 2.45) is 5.92 Å². The van der Waals surface area contributed by atoms with Crippen molar-refractivity contribution in [1.82, 2.24) is 10.2 Å². The summed E-state index contributed by atoms with van der Waals surface area (Å²) in [6.07, 6.45) is 0. The number of hydrogen-bond donors (Lipinski definition) is 1. The Kier molecular flexibility index (Phi) is 6.81. The first-order valence-corrected chi connectivity index (χ1v) is 9.02. The summed E-state index contributed by atoms with van der Waals surface area (Å²) in [6, 6.07) is 14.1. The lowest BCUT2D eigenvalue weighted by Crippen LogP contribution is -2.50. The minimum Gasteiger partial charge on any atom is -0.340 e. The predicted octanol–water partition coefficient (Wildman–Crippen LogP) is 4.06. The van der Waals surface area contributed by atoms with Crippen LogP contribution in [-0.2, 0) is 11.3 Å². The maximum atomic E-state index is 12.9. The molecule has 5 heteroatoms. The van der Waals surface area contributed by atoms with E-state index in [4.69, 9.17) is 11.6 Å². The van der Waals surface area contributed by atoms with E-state index >= 15 is 0 Å². The molecule has 4 nitrogen and oxygen atoms in total. The van der Waals surface area contributed by atoms with Gasteiger partial charge in [0.15, 0.2) is 0 Å². The third-order valence-electron chi connectivity index (χ3n) is 4.18. The first-order chi connectivity index (χ1) is 12.3. The summed E-state index contributed by atoms with van der Waals surface area (Å²) in [5.41, 5.74) is 2.50. The standard InChI is InChI=1S/C21H25ClN2O2/c1-14(2)19(23-20(25)17-9-5-7-15(3)11-17)21(26)24(4)13-16-8-6-10-18(22)12-16/h5-12,14,19H,13H2,1-4H3,(H,23,25)/t19-/m0/s1. The Labute approximate surface area is 160 Å². The highest BCUT2D eigenvalue weighted by Crippen LogP contribution is 2.14. The summed E-state index contributed by atoms with van der Waals surface area (Å²) in [7, 11) is 1.73. The van der Waals surface area contributed by atoms with Gasteiger partial charge in [-0.2, -0.15) is 0 Å².